The topological polar surface area (TPSA) is 82.4 Å². The monoisotopic (exact) mass is 427 g/mol. The number of carbonyl (C=O) groups excluding carboxylic acids is 2. The van der Waals surface area contributed by atoms with E-state index in [9.17, 15) is 14.0 Å². The molecule has 0 atom stereocenters. The third-order valence-corrected chi connectivity index (χ3v) is 4.97. The first-order chi connectivity index (χ1) is 15.5. The van der Waals surface area contributed by atoms with Gasteiger partial charge in [0.2, 0.25) is 0 Å². The number of halogens is 1. The van der Waals surface area contributed by atoms with Gasteiger partial charge in [0.25, 0.3) is 5.91 Å². The first-order valence-electron chi connectivity index (χ1n) is 9.84. The molecule has 0 aromatic heterocycles. The highest BCUT2D eigenvalue weighted by molar-refractivity contribution is 6.13. The molecule has 32 heavy (non-hydrogen) atoms. The third-order valence-electron chi connectivity index (χ3n) is 4.97. The van der Waals surface area contributed by atoms with E-state index in [2.05, 4.69) is 11.4 Å². The fourth-order valence-electron chi connectivity index (χ4n) is 3.26. The Morgan fingerprint density at radius 1 is 0.969 bits per heavy atom. The number of amides is 3. The molecule has 0 radical (unpaired) electrons. The maximum Gasteiger partial charge on any atom is 0.329 e. The number of nitrogens with zero attached hydrogens (tertiary/aromatic N) is 2. The van der Waals surface area contributed by atoms with E-state index in [1.54, 1.807) is 54.6 Å². The van der Waals surface area contributed by atoms with Gasteiger partial charge >= 0.3 is 6.03 Å². The van der Waals surface area contributed by atoms with Gasteiger partial charge in [0.1, 0.15) is 23.9 Å². The molecule has 1 aliphatic rings. The van der Waals surface area contributed by atoms with Gasteiger partial charge in [0, 0.05) is 11.1 Å². The number of imide groups is 1. The summed E-state index contributed by atoms with van der Waals surface area (Å²) >= 11 is 0. The summed E-state index contributed by atoms with van der Waals surface area (Å²) in [6, 6.07) is 21.7. The number of benzene rings is 3. The summed E-state index contributed by atoms with van der Waals surface area (Å²) in [5, 5.41) is 11.7. The third kappa shape index (κ3) is 4.50. The zero-order chi connectivity index (χ0) is 22.5. The van der Waals surface area contributed by atoms with Crippen molar-refractivity contribution in [2.24, 2.45) is 0 Å². The molecule has 3 aromatic rings. The van der Waals surface area contributed by atoms with Crippen LogP contribution in [0.1, 0.15) is 22.3 Å². The van der Waals surface area contributed by atoms with Crippen LogP contribution < -0.4 is 10.1 Å². The number of urea groups is 1. The van der Waals surface area contributed by atoms with Crippen LogP contribution in [0.3, 0.4) is 0 Å². The molecule has 4 rings (SSSR count). The summed E-state index contributed by atoms with van der Waals surface area (Å²) in [6.07, 6.45) is 1.55. The lowest BCUT2D eigenvalue weighted by molar-refractivity contribution is -0.123. The quantitative estimate of drug-likeness (QED) is 0.468. The lowest BCUT2D eigenvalue weighted by atomic mass is 10.1. The van der Waals surface area contributed by atoms with Crippen LogP contribution in [0, 0.1) is 17.1 Å². The standard InChI is InChI=1S/C25H18FN3O3/c26-22-8-4-3-6-19(22)15-29-24(30)23(28-25(29)31)13-17-9-11-21(12-10-17)32-16-20-7-2-1-5-18(20)14-27/h1-13H,15-16H2,(H,28,31)/b23-13+. The van der Waals surface area contributed by atoms with Crippen molar-refractivity contribution in [1.82, 2.24) is 10.2 Å². The van der Waals surface area contributed by atoms with Crippen molar-refractivity contribution in [2.45, 2.75) is 13.2 Å². The molecule has 158 valence electrons. The molecule has 0 saturated carbocycles. The molecular formula is C25H18FN3O3. The Morgan fingerprint density at radius 3 is 2.38 bits per heavy atom. The van der Waals surface area contributed by atoms with Crippen molar-refractivity contribution in [1.29, 1.82) is 5.26 Å². The Morgan fingerprint density at radius 2 is 1.66 bits per heavy atom. The van der Waals surface area contributed by atoms with Crippen LogP contribution in [0.15, 0.2) is 78.5 Å². The Balaban J connectivity index is 1.43. The van der Waals surface area contributed by atoms with Crippen LogP contribution in [0.25, 0.3) is 6.08 Å². The van der Waals surface area contributed by atoms with Gasteiger partial charge in [-0.25, -0.2) is 9.18 Å². The molecule has 1 saturated heterocycles. The van der Waals surface area contributed by atoms with Gasteiger partial charge in [-0.1, -0.05) is 48.5 Å². The van der Waals surface area contributed by atoms with Crippen LogP contribution in [-0.2, 0) is 17.9 Å². The van der Waals surface area contributed by atoms with E-state index in [-0.39, 0.29) is 24.4 Å². The molecule has 1 heterocycles. The molecule has 3 amide bonds. The number of rotatable bonds is 6. The average Bonchev–Trinajstić information content (AvgIpc) is 3.07. The molecule has 3 aromatic carbocycles. The van der Waals surface area contributed by atoms with Crippen molar-refractivity contribution >= 4 is 18.0 Å². The van der Waals surface area contributed by atoms with Gasteiger partial charge in [-0.3, -0.25) is 9.69 Å². The van der Waals surface area contributed by atoms with E-state index < -0.39 is 17.8 Å². The Kier molecular flexibility index (Phi) is 5.95. The van der Waals surface area contributed by atoms with Gasteiger partial charge < -0.3 is 10.1 Å². The highest BCUT2D eigenvalue weighted by Crippen LogP contribution is 2.20. The molecule has 0 spiro atoms. The van der Waals surface area contributed by atoms with E-state index >= 15 is 0 Å². The number of hydrogen-bond acceptors (Lipinski definition) is 4. The second-order valence-corrected chi connectivity index (χ2v) is 7.10. The molecule has 1 aliphatic heterocycles. The Labute approximate surface area is 184 Å². The number of carbonyl (C=O) groups is 2. The second-order valence-electron chi connectivity index (χ2n) is 7.10. The molecule has 1 N–H and O–H groups in total. The van der Waals surface area contributed by atoms with Gasteiger partial charge in [-0.05, 0) is 35.9 Å². The highest BCUT2D eigenvalue weighted by Gasteiger charge is 2.33. The number of hydrogen-bond donors (Lipinski definition) is 1. The summed E-state index contributed by atoms with van der Waals surface area (Å²) in [7, 11) is 0. The van der Waals surface area contributed by atoms with Gasteiger partial charge in [-0.15, -0.1) is 0 Å². The van der Waals surface area contributed by atoms with E-state index in [0.29, 0.717) is 16.9 Å². The lowest BCUT2D eigenvalue weighted by Crippen LogP contribution is -2.30. The van der Waals surface area contributed by atoms with E-state index in [4.69, 9.17) is 10.00 Å². The van der Waals surface area contributed by atoms with Crippen molar-refractivity contribution in [2.75, 3.05) is 0 Å². The van der Waals surface area contributed by atoms with Crippen LogP contribution in [-0.4, -0.2) is 16.8 Å². The van der Waals surface area contributed by atoms with Crippen LogP contribution in [0.4, 0.5) is 9.18 Å². The number of nitrogens with one attached hydrogen (secondary N) is 1. The van der Waals surface area contributed by atoms with Crippen molar-refractivity contribution in [3.05, 3.63) is 107 Å². The molecule has 0 aliphatic carbocycles. The van der Waals surface area contributed by atoms with Crippen LogP contribution in [0.5, 0.6) is 5.75 Å². The lowest BCUT2D eigenvalue weighted by Gasteiger charge is -2.12. The zero-order valence-electron chi connectivity index (χ0n) is 16.9. The highest BCUT2D eigenvalue weighted by atomic mass is 19.1. The first kappa shape index (κ1) is 20.8. The largest absolute Gasteiger partial charge is 0.489 e. The van der Waals surface area contributed by atoms with Crippen molar-refractivity contribution < 1.29 is 18.7 Å². The smallest absolute Gasteiger partial charge is 0.329 e. The van der Waals surface area contributed by atoms with Crippen LogP contribution in [0.2, 0.25) is 0 Å². The minimum atomic E-state index is -0.597. The molecule has 0 unspecified atom stereocenters. The van der Waals surface area contributed by atoms with E-state index in [1.165, 1.54) is 12.1 Å². The maximum absolute atomic E-state index is 13.9. The second kappa shape index (κ2) is 9.14. The first-order valence-corrected chi connectivity index (χ1v) is 9.84. The average molecular weight is 427 g/mol. The molecule has 1 fully saturated rings. The molecular weight excluding hydrogens is 409 g/mol. The number of nitriles is 1. The van der Waals surface area contributed by atoms with E-state index in [1.807, 2.05) is 12.1 Å². The van der Waals surface area contributed by atoms with E-state index in [0.717, 1.165) is 10.5 Å². The summed E-state index contributed by atoms with van der Waals surface area (Å²) in [6.45, 7) is 0.106. The minimum absolute atomic E-state index is 0.114. The summed E-state index contributed by atoms with van der Waals surface area (Å²) < 4.78 is 19.6. The van der Waals surface area contributed by atoms with Gasteiger partial charge in [-0.2, -0.15) is 5.26 Å². The van der Waals surface area contributed by atoms with Gasteiger partial charge in [0.05, 0.1) is 18.2 Å². The Bertz CT molecular complexity index is 1250. The molecule has 6 nitrogen and oxygen atoms in total. The minimum Gasteiger partial charge on any atom is -0.489 e. The Hall–Kier alpha value is -4.44. The van der Waals surface area contributed by atoms with Crippen molar-refractivity contribution in [3.63, 3.8) is 0 Å². The number of ether oxygens (including phenoxy) is 1. The normalized spacial score (nSPS) is 14.4. The predicted molar refractivity (Wildman–Crippen MR) is 115 cm³/mol. The molecule has 0 bridgehead atoms. The van der Waals surface area contributed by atoms with Gasteiger partial charge in [0.15, 0.2) is 0 Å². The summed E-state index contributed by atoms with van der Waals surface area (Å²) in [5.74, 6) is -0.395. The molecule has 7 heteroatoms. The van der Waals surface area contributed by atoms with Crippen LogP contribution >= 0.6 is 0 Å². The predicted octanol–water partition coefficient (Wildman–Crippen LogP) is 4.37. The zero-order valence-corrected chi connectivity index (χ0v) is 16.9. The fourth-order valence-corrected chi connectivity index (χ4v) is 3.26. The fraction of sp³-hybridized carbons (Fsp3) is 0.0800. The SMILES string of the molecule is N#Cc1ccccc1COc1ccc(/C=C2/NC(=O)N(Cc3ccccc3F)C2=O)cc1. The summed E-state index contributed by atoms with van der Waals surface area (Å²) in [4.78, 5) is 25.8. The van der Waals surface area contributed by atoms with Crippen molar-refractivity contribution in [3.8, 4) is 11.8 Å². The summed E-state index contributed by atoms with van der Waals surface area (Å²) in [5.41, 5.74) is 2.41. The maximum atomic E-state index is 13.9.